The topological polar surface area (TPSA) is 66.2 Å². The Morgan fingerprint density at radius 2 is 2.36 bits per heavy atom. The number of aliphatic hydroxyl groups is 1. The fourth-order valence-electron chi connectivity index (χ4n) is 1.28. The molecule has 0 spiro atoms. The van der Waals surface area contributed by atoms with Crippen LogP contribution in [-0.2, 0) is 0 Å². The van der Waals surface area contributed by atoms with Gasteiger partial charge in [0.2, 0.25) is 0 Å². The first-order chi connectivity index (χ1) is 6.70. The number of H-pyrrole nitrogens is 1. The molecular weight excluding hydrogens is 202 g/mol. The van der Waals surface area contributed by atoms with E-state index < -0.39 is 11.9 Å². The number of aromatic amines is 1. The zero-order chi connectivity index (χ0) is 10.1. The predicted molar refractivity (Wildman–Crippen MR) is 55.6 cm³/mol. The SMILES string of the molecule is O=c1[nH]c2cc(C(O)CS)ccc2o1. The smallest absolute Gasteiger partial charge is 0.408 e. The van der Waals surface area contributed by atoms with E-state index in [1.807, 2.05) is 0 Å². The molecule has 1 heterocycles. The van der Waals surface area contributed by atoms with Crippen molar-refractivity contribution >= 4 is 23.7 Å². The second-order valence-electron chi connectivity index (χ2n) is 2.97. The van der Waals surface area contributed by atoms with E-state index in [4.69, 9.17) is 4.42 Å². The van der Waals surface area contributed by atoms with Crippen molar-refractivity contribution < 1.29 is 9.52 Å². The van der Waals surface area contributed by atoms with E-state index in [0.29, 0.717) is 22.4 Å². The average Bonchev–Trinajstić information content (AvgIpc) is 2.55. The van der Waals surface area contributed by atoms with E-state index in [2.05, 4.69) is 17.6 Å². The molecule has 4 nitrogen and oxygen atoms in total. The van der Waals surface area contributed by atoms with Crippen LogP contribution in [0.1, 0.15) is 11.7 Å². The lowest BCUT2D eigenvalue weighted by atomic mass is 10.1. The molecule has 5 heteroatoms. The predicted octanol–water partition coefficient (Wildman–Crippen LogP) is 1.08. The number of hydrogen-bond donors (Lipinski definition) is 3. The van der Waals surface area contributed by atoms with Gasteiger partial charge in [-0.15, -0.1) is 0 Å². The zero-order valence-corrected chi connectivity index (χ0v) is 8.12. The lowest BCUT2D eigenvalue weighted by molar-refractivity contribution is 0.204. The first-order valence-corrected chi connectivity index (χ1v) is 4.75. The molecule has 2 aromatic rings. The number of oxazole rings is 1. The molecule has 0 aliphatic heterocycles. The van der Waals surface area contributed by atoms with Gasteiger partial charge in [0.15, 0.2) is 5.58 Å². The molecule has 74 valence electrons. The summed E-state index contributed by atoms with van der Waals surface area (Å²) in [4.78, 5) is 13.4. The van der Waals surface area contributed by atoms with Gasteiger partial charge in [-0.05, 0) is 17.7 Å². The monoisotopic (exact) mass is 211 g/mol. The summed E-state index contributed by atoms with van der Waals surface area (Å²) in [6.07, 6.45) is -0.624. The van der Waals surface area contributed by atoms with E-state index in [9.17, 15) is 9.90 Å². The fourth-order valence-corrected chi connectivity index (χ4v) is 1.49. The quantitative estimate of drug-likeness (QED) is 0.651. The van der Waals surface area contributed by atoms with E-state index in [0.717, 1.165) is 0 Å². The van der Waals surface area contributed by atoms with Crippen LogP contribution >= 0.6 is 12.6 Å². The molecule has 0 saturated carbocycles. The number of rotatable bonds is 2. The van der Waals surface area contributed by atoms with Crippen LogP contribution in [0.15, 0.2) is 27.4 Å². The Balaban J connectivity index is 2.55. The molecule has 0 saturated heterocycles. The van der Waals surface area contributed by atoms with E-state index in [1.165, 1.54) is 0 Å². The Bertz CT molecular complexity index is 502. The number of thiol groups is 1. The highest BCUT2D eigenvalue weighted by Gasteiger charge is 2.07. The van der Waals surface area contributed by atoms with Crippen LogP contribution in [0.5, 0.6) is 0 Å². The highest BCUT2D eigenvalue weighted by molar-refractivity contribution is 7.80. The molecule has 1 unspecified atom stereocenters. The van der Waals surface area contributed by atoms with Crippen molar-refractivity contribution in [2.45, 2.75) is 6.10 Å². The van der Waals surface area contributed by atoms with Gasteiger partial charge >= 0.3 is 5.76 Å². The molecule has 0 bridgehead atoms. The van der Waals surface area contributed by atoms with Gasteiger partial charge < -0.3 is 9.52 Å². The van der Waals surface area contributed by atoms with Crippen molar-refractivity contribution in [2.75, 3.05) is 5.75 Å². The molecule has 1 aromatic heterocycles. The summed E-state index contributed by atoms with van der Waals surface area (Å²) in [7, 11) is 0. The summed E-state index contributed by atoms with van der Waals surface area (Å²) in [5.41, 5.74) is 1.79. The molecule has 14 heavy (non-hydrogen) atoms. The van der Waals surface area contributed by atoms with Crippen LogP contribution in [0, 0.1) is 0 Å². The highest BCUT2D eigenvalue weighted by Crippen LogP contribution is 2.18. The summed E-state index contributed by atoms with van der Waals surface area (Å²) in [6.45, 7) is 0. The van der Waals surface area contributed by atoms with Crippen molar-refractivity contribution in [1.29, 1.82) is 0 Å². The van der Waals surface area contributed by atoms with E-state index >= 15 is 0 Å². The van der Waals surface area contributed by atoms with Crippen molar-refractivity contribution in [3.8, 4) is 0 Å². The maximum Gasteiger partial charge on any atom is 0.417 e. The summed E-state index contributed by atoms with van der Waals surface area (Å²) in [5, 5.41) is 9.50. The standard InChI is InChI=1S/C9H9NO3S/c11-7(4-14)5-1-2-8-6(3-5)10-9(12)13-8/h1-3,7,11,14H,4H2,(H,10,12). The molecule has 0 fully saturated rings. The van der Waals surface area contributed by atoms with Gasteiger partial charge in [0.1, 0.15) is 0 Å². The minimum Gasteiger partial charge on any atom is -0.408 e. The fraction of sp³-hybridized carbons (Fsp3) is 0.222. The van der Waals surface area contributed by atoms with Crippen LogP contribution in [0.3, 0.4) is 0 Å². The first-order valence-electron chi connectivity index (χ1n) is 4.12. The molecule has 1 atom stereocenters. The van der Waals surface area contributed by atoms with E-state index in [-0.39, 0.29) is 0 Å². The maximum atomic E-state index is 10.8. The molecular formula is C9H9NO3S. The summed E-state index contributed by atoms with van der Waals surface area (Å²) in [5.74, 6) is -0.148. The van der Waals surface area contributed by atoms with Gasteiger partial charge in [-0.2, -0.15) is 12.6 Å². The van der Waals surface area contributed by atoms with Gasteiger partial charge in [0, 0.05) is 5.75 Å². The molecule has 1 aromatic carbocycles. The van der Waals surface area contributed by atoms with Gasteiger partial charge in [-0.25, -0.2) is 4.79 Å². The summed E-state index contributed by atoms with van der Waals surface area (Å²) >= 11 is 3.98. The Morgan fingerprint density at radius 1 is 1.57 bits per heavy atom. The molecule has 0 aliphatic rings. The van der Waals surface area contributed by atoms with Crippen molar-refractivity contribution in [3.05, 3.63) is 34.3 Å². The number of benzene rings is 1. The van der Waals surface area contributed by atoms with E-state index in [1.54, 1.807) is 18.2 Å². The van der Waals surface area contributed by atoms with Crippen LogP contribution in [0.25, 0.3) is 11.1 Å². The van der Waals surface area contributed by atoms with Crippen LogP contribution in [0.4, 0.5) is 0 Å². The van der Waals surface area contributed by atoms with Crippen LogP contribution in [-0.4, -0.2) is 15.8 Å². The summed E-state index contributed by atoms with van der Waals surface area (Å²) < 4.78 is 4.82. The molecule has 0 aliphatic carbocycles. The number of aliphatic hydroxyl groups excluding tert-OH is 1. The van der Waals surface area contributed by atoms with Gasteiger partial charge in [-0.3, -0.25) is 4.98 Å². The second-order valence-corrected chi connectivity index (χ2v) is 3.33. The van der Waals surface area contributed by atoms with Gasteiger partial charge in [0.05, 0.1) is 11.6 Å². The number of nitrogens with one attached hydrogen (secondary N) is 1. The Labute approximate surface area is 85.0 Å². The third-order valence-corrected chi connectivity index (χ3v) is 2.35. The summed E-state index contributed by atoms with van der Waals surface area (Å²) in [6, 6.07) is 5.04. The largest absolute Gasteiger partial charge is 0.417 e. The minimum absolute atomic E-state index is 0.341. The first kappa shape index (κ1) is 9.36. The Hall–Kier alpha value is -1.20. The lowest BCUT2D eigenvalue weighted by Gasteiger charge is -2.06. The van der Waals surface area contributed by atoms with Crippen molar-refractivity contribution in [3.63, 3.8) is 0 Å². The number of hydrogen-bond acceptors (Lipinski definition) is 4. The molecule has 2 rings (SSSR count). The number of fused-ring (bicyclic) bond motifs is 1. The second kappa shape index (κ2) is 3.51. The third kappa shape index (κ3) is 1.56. The lowest BCUT2D eigenvalue weighted by Crippen LogP contribution is -1.98. The Morgan fingerprint density at radius 3 is 3.07 bits per heavy atom. The van der Waals surface area contributed by atoms with Gasteiger partial charge in [-0.1, -0.05) is 6.07 Å². The van der Waals surface area contributed by atoms with Gasteiger partial charge in [0.25, 0.3) is 0 Å². The van der Waals surface area contributed by atoms with Crippen molar-refractivity contribution in [2.24, 2.45) is 0 Å². The van der Waals surface area contributed by atoms with Crippen LogP contribution in [0.2, 0.25) is 0 Å². The van der Waals surface area contributed by atoms with Crippen LogP contribution < -0.4 is 5.76 Å². The minimum atomic E-state index is -0.624. The molecule has 0 radical (unpaired) electrons. The van der Waals surface area contributed by atoms with Crippen molar-refractivity contribution in [1.82, 2.24) is 4.98 Å². The Kier molecular flexibility index (Phi) is 2.35. The third-order valence-electron chi connectivity index (χ3n) is 2.00. The highest BCUT2D eigenvalue weighted by atomic mass is 32.1. The average molecular weight is 211 g/mol. The molecule has 2 N–H and O–H groups in total. The molecule has 0 amide bonds. The number of aromatic nitrogens is 1. The zero-order valence-electron chi connectivity index (χ0n) is 7.23. The normalized spacial score (nSPS) is 13.3. The maximum absolute atomic E-state index is 10.8.